The molecular formula is C19H23FN4O2S. The zero-order valence-corrected chi connectivity index (χ0v) is 16.2. The number of carbonyl (C=O) groups is 2. The second-order valence-corrected chi connectivity index (χ2v) is 7.88. The number of carbonyl (C=O) groups excluding carboxylic acids is 2. The lowest BCUT2D eigenvalue weighted by molar-refractivity contribution is -0.124. The van der Waals surface area contributed by atoms with Gasteiger partial charge in [-0.1, -0.05) is 13.8 Å². The third-order valence-corrected chi connectivity index (χ3v) is 5.42. The summed E-state index contributed by atoms with van der Waals surface area (Å²) in [7, 11) is 0. The van der Waals surface area contributed by atoms with Gasteiger partial charge < -0.3 is 10.2 Å². The maximum atomic E-state index is 14.4. The quantitative estimate of drug-likeness (QED) is 0.824. The first-order valence-corrected chi connectivity index (χ1v) is 10.1. The highest BCUT2D eigenvalue weighted by Gasteiger charge is 2.35. The van der Waals surface area contributed by atoms with Crippen LogP contribution in [0.25, 0.3) is 5.69 Å². The molecule has 3 rings (SSSR count). The van der Waals surface area contributed by atoms with Gasteiger partial charge in [0.05, 0.1) is 5.88 Å². The van der Waals surface area contributed by atoms with Crippen LogP contribution in [0.2, 0.25) is 0 Å². The van der Waals surface area contributed by atoms with Gasteiger partial charge in [0, 0.05) is 30.3 Å². The van der Waals surface area contributed by atoms with Crippen LogP contribution < -0.4 is 5.32 Å². The van der Waals surface area contributed by atoms with Crippen LogP contribution in [0.5, 0.6) is 0 Å². The van der Waals surface area contributed by atoms with E-state index in [4.69, 9.17) is 0 Å². The molecule has 8 heteroatoms. The SMILES string of the molecule is CC(C)CCNC(=O)C1CSCN1C(=O)c1ccc(-n2cccn2)c(F)c1. The van der Waals surface area contributed by atoms with E-state index in [1.54, 1.807) is 24.5 Å². The van der Waals surface area contributed by atoms with E-state index in [2.05, 4.69) is 24.3 Å². The number of amides is 2. The van der Waals surface area contributed by atoms with E-state index >= 15 is 0 Å². The third kappa shape index (κ3) is 4.50. The van der Waals surface area contributed by atoms with E-state index in [1.807, 2.05) is 0 Å². The predicted molar refractivity (Wildman–Crippen MR) is 103 cm³/mol. The molecule has 2 aromatic rings. The largest absolute Gasteiger partial charge is 0.354 e. The lowest BCUT2D eigenvalue weighted by atomic mass is 10.1. The number of nitrogens with one attached hydrogen (secondary N) is 1. The Bertz CT molecular complexity index is 810. The van der Waals surface area contributed by atoms with Gasteiger partial charge in [-0.05, 0) is 36.6 Å². The normalized spacial score (nSPS) is 16.7. The van der Waals surface area contributed by atoms with Crippen molar-refractivity contribution in [1.29, 1.82) is 0 Å². The fraction of sp³-hybridized carbons (Fsp3) is 0.421. The minimum Gasteiger partial charge on any atom is -0.354 e. The number of nitrogens with zero attached hydrogens (tertiary/aromatic N) is 3. The van der Waals surface area contributed by atoms with Crippen molar-refractivity contribution in [2.45, 2.75) is 26.3 Å². The Morgan fingerprint density at radius 3 is 2.89 bits per heavy atom. The molecule has 1 fully saturated rings. The highest BCUT2D eigenvalue weighted by Crippen LogP contribution is 2.24. The average molecular weight is 390 g/mol. The van der Waals surface area contributed by atoms with Gasteiger partial charge in [0.1, 0.15) is 17.5 Å². The van der Waals surface area contributed by atoms with E-state index in [0.29, 0.717) is 24.1 Å². The van der Waals surface area contributed by atoms with E-state index in [-0.39, 0.29) is 23.1 Å². The molecule has 1 aromatic carbocycles. The molecule has 0 spiro atoms. The molecule has 144 valence electrons. The van der Waals surface area contributed by atoms with Crippen LogP contribution in [0, 0.1) is 11.7 Å². The first kappa shape index (κ1) is 19.4. The highest BCUT2D eigenvalue weighted by molar-refractivity contribution is 7.99. The monoisotopic (exact) mass is 390 g/mol. The van der Waals surface area contributed by atoms with Gasteiger partial charge in [0.25, 0.3) is 5.91 Å². The summed E-state index contributed by atoms with van der Waals surface area (Å²) < 4.78 is 15.8. The minimum absolute atomic E-state index is 0.150. The Kier molecular flexibility index (Phi) is 6.15. The fourth-order valence-electron chi connectivity index (χ4n) is 2.86. The fourth-order valence-corrected chi connectivity index (χ4v) is 4.02. The van der Waals surface area contributed by atoms with Crippen LogP contribution in [-0.4, -0.2) is 50.7 Å². The number of hydrogen-bond donors (Lipinski definition) is 1. The Morgan fingerprint density at radius 2 is 2.22 bits per heavy atom. The van der Waals surface area contributed by atoms with Crippen LogP contribution in [0.4, 0.5) is 4.39 Å². The van der Waals surface area contributed by atoms with Gasteiger partial charge in [0.2, 0.25) is 5.91 Å². The van der Waals surface area contributed by atoms with Gasteiger partial charge >= 0.3 is 0 Å². The van der Waals surface area contributed by atoms with Crippen molar-refractivity contribution in [1.82, 2.24) is 20.0 Å². The molecule has 1 N–H and O–H groups in total. The number of hydrogen-bond acceptors (Lipinski definition) is 4. The van der Waals surface area contributed by atoms with Crippen molar-refractivity contribution in [3.05, 3.63) is 48.0 Å². The van der Waals surface area contributed by atoms with Crippen LogP contribution in [0.15, 0.2) is 36.7 Å². The number of rotatable bonds is 6. The van der Waals surface area contributed by atoms with Crippen molar-refractivity contribution in [2.24, 2.45) is 5.92 Å². The molecule has 1 saturated heterocycles. The molecule has 1 unspecified atom stereocenters. The molecule has 0 bridgehead atoms. The van der Waals surface area contributed by atoms with Crippen molar-refractivity contribution in [3.63, 3.8) is 0 Å². The van der Waals surface area contributed by atoms with Gasteiger partial charge in [0.15, 0.2) is 0 Å². The zero-order valence-electron chi connectivity index (χ0n) is 15.4. The lowest BCUT2D eigenvalue weighted by Gasteiger charge is -2.23. The van der Waals surface area contributed by atoms with Crippen LogP contribution in [0.1, 0.15) is 30.6 Å². The van der Waals surface area contributed by atoms with Crippen molar-refractivity contribution >= 4 is 23.6 Å². The Labute approximate surface area is 162 Å². The first-order valence-electron chi connectivity index (χ1n) is 8.93. The van der Waals surface area contributed by atoms with Crippen molar-refractivity contribution in [2.75, 3.05) is 18.2 Å². The third-order valence-electron chi connectivity index (χ3n) is 4.41. The summed E-state index contributed by atoms with van der Waals surface area (Å²) >= 11 is 1.52. The summed E-state index contributed by atoms with van der Waals surface area (Å²) in [6, 6.07) is 5.47. The molecule has 2 amide bonds. The molecule has 27 heavy (non-hydrogen) atoms. The summed E-state index contributed by atoms with van der Waals surface area (Å²) in [5, 5.41) is 6.90. The molecule has 1 aromatic heterocycles. The highest BCUT2D eigenvalue weighted by atomic mass is 32.2. The van der Waals surface area contributed by atoms with E-state index in [9.17, 15) is 14.0 Å². The maximum Gasteiger partial charge on any atom is 0.255 e. The van der Waals surface area contributed by atoms with Crippen molar-refractivity contribution < 1.29 is 14.0 Å². The van der Waals surface area contributed by atoms with Gasteiger partial charge in [-0.3, -0.25) is 9.59 Å². The summed E-state index contributed by atoms with van der Waals surface area (Å²) in [6.07, 6.45) is 4.08. The molecule has 1 aliphatic heterocycles. The second-order valence-electron chi connectivity index (χ2n) is 6.88. The molecule has 0 radical (unpaired) electrons. The summed E-state index contributed by atoms with van der Waals surface area (Å²) in [5.41, 5.74) is 0.501. The van der Waals surface area contributed by atoms with Gasteiger partial charge in [-0.15, -0.1) is 11.8 Å². The Balaban J connectivity index is 1.70. The molecule has 0 aliphatic carbocycles. The van der Waals surface area contributed by atoms with Gasteiger partial charge in [-0.2, -0.15) is 5.10 Å². The molecular weight excluding hydrogens is 367 g/mol. The molecule has 6 nitrogen and oxygen atoms in total. The summed E-state index contributed by atoms with van der Waals surface area (Å²) in [5.74, 6) is 0.445. The average Bonchev–Trinajstić information content (AvgIpc) is 3.32. The number of aromatic nitrogens is 2. The predicted octanol–water partition coefficient (Wildman–Crippen LogP) is 2.69. The molecule has 0 saturated carbocycles. The first-order chi connectivity index (χ1) is 13.0. The van der Waals surface area contributed by atoms with E-state index < -0.39 is 11.9 Å². The Morgan fingerprint density at radius 1 is 1.41 bits per heavy atom. The Hall–Kier alpha value is -2.35. The topological polar surface area (TPSA) is 67.2 Å². The zero-order chi connectivity index (χ0) is 19.4. The second kappa shape index (κ2) is 8.56. The number of thioether (sulfide) groups is 1. The van der Waals surface area contributed by atoms with Gasteiger partial charge in [-0.25, -0.2) is 9.07 Å². The standard InChI is InChI=1S/C19H23FN4O2S/c1-13(2)6-8-21-18(25)17-11-27-12-23(17)19(26)14-4-5-16(15(20)10-14)24-9-3-7-22-24/h3-5,7,9-10,13,17H,6,8,11-12H2,1-2H3,(H,21,25). The maximum absolute atomic E-state index is 14.4. The van der Waals surface area contributed by atoms with E-state index in [0.717, 1.165) is 6.42 Å². The smallest absolute Gasteiger partial charge is 0.255 e. The minimum atomic E-state index is -0.533. The molecule has 2 heterocycles. The molecule has 1 atom stereocenters. The van der Waals surface area contributed by atoms with Crippen LogP contribution >= 0.6 is 11.8 Å². The van der Waals surface area contributed by atoms with Crippen LogP contribution in [-0.2, 0) is 4.79 Å². The summed E-state index contributed by atoms with van der Waals surface area (Å²) in [4.78, 5) is 26.8. The lowest BCUT2D eigenvalue weighted by Crippen LogP contribution is -2.47. The van der Waals surface area contributed by atoms with E-state index in [1.165, 1.54) is 33.5 Å². The number of halogens is 1. The number of benzene rings is 1. The molecule has 1 aliphatic rings. The van der Waals surface area contributed by atoms with Crippen molar-refractivity contribution in [3.8, 4) is 5.69 Å². The summed E-state index contributed by atoms with van der Waals surface area (Å²) in [6.45, 7) is 4.77. The van der Waals surface area contributed by atoms with Crippen LogP contribution in [0.3, 0.4) is 0 Å².